The molecular formula is C19H21N3OS2. The molecule has 0 aliphatic rings. The van der Waals surface area contributed by atoms with Gasteiger partial charge in [-0.05, 0) is 43.5 Å². The number of amides is 1. The number of carbonyl (C=O) groups excluding carboxylic acids is 1. The van der Waals surface area contributed by atoms with E-state index in [-0.39, 0.29) is 5.91 Å². The van der Waals surface area contributed by atoms with E-state index in [2.05, 4.69) is 27.1 Å². The van der Waals surface area contributed by atoms with Crippen LogP contribution in [0.2, 0.25) is 0 Å². The Hall–Kier alpha value is -2.02. The van der Waals surface area contributed by atoms with Crippen molar-refractivity contribution in [2.75, 3.05) is 18.9 Å². The van der Waals surface area contributed by atoms with E-state index in [0.717, 1.165) is 27.5 Å². The van der Waals surface area contributed by atoms with Crippen molar-refractivity contribution < 1.29 is 4.79 Å². The van der Waals surface area contributed by atoms with Crippen LogP contribution in [0.5, 0.6) is 0 Å². The fraction of sp³-hybridized carbons (Fsp3) is 0.263. The maximum absolute atomic E-state index is 12.3. The van der Waals surface area contributed by atoms with E-state index in [0.29, 0.717) is 13.1 Å². The van der Waals surface area contributed by atoms with Gasteiger partial charge in [-0.1, -0.05) is 24.3 Å². The van der Waals surface area contributed by atoms with E-state index in [1.54, 1.807) is 22.7 Å². The second-order valence-corrected chi connectivity index (χ2v) is 7.91. The molecule has 25 heavy (non-hydrogen) atoms. The van der Waals surface area contributed by atoms with Crippen LogP contribution in [0.15, 0.2) is 41.1 Å². The molecule has 6 heteroatoms. The highest BCUT2D eigenvalue weighted by Gasteiger charge is 2.12. The number of nitrogens with one attached hydrogen (secondary N) is 1. The molecule has 4 nitrogen and oxygen atoms in total. The van der Waals surface area contributed by atoms with Crippen molar-refractivity contribution >= 4 is 34.3 Å². The number of thiazole rings is 1. The predicted octanol–water partition coefficient (Wildman–Crippen LogP) is 4.56. The molecule has 0 radical (unpaired) electrons. The predicted molar refractivity (Wildman–Crippen MR) is 106 cm³/mol. The maximum Gasteiger partial charge on any atom is 0.238 e. The SMILES string of the molecule is Cc1cccc(C)c1NC(=O)CN(C)Cc1csc(-c2cccs2)n1. The largest absolute Gasteiger partial charge is 0.324 e. The van der Waals surface area contributed by atoms with Gasteiger partial charge < -0.3 is 5.32 Å². The number of likely N-dealkylation sites (N-methyl/N-ethyl adjacent to an activating group) is 1. The summed E-state index contributed by atoms with van der Waals surface area (Å²) in [6, 6.07) is 10.1. The average molecular weight is 372 g/mol. The van der Waals surface area contributed by atoms with Crippen LogP contribution >= 0.6 is 22.7 Å². The summed E-state index contributed by atoms with van der Waals surface area (Å²) in [5, 5.41) is 8.19. The minimum atomic E-state index is -0.00592. The number of benzene rings is 1. The van der Waals surface area contributed by atoms with Gasteiger partial charge in [0.15, 0.2) is 0 Å². The number of aryl methyl sites for hydroxylation is 2. The average Bonchev–Trinajstić information content (AvgIpc) is 3.22. The van der Waals surface area contributed by atoms with E-state index in [4.69, 9.17) is 0 Å². The Morgan fingerprint density at radius 2 is 1.92 bits per heavy atom. The minimum absolute atomic E-state index is 0.00592. The zero-order valence-electron chi connectivity index (χ0n) is 14.6. The van der Waals surface area contributed by atoms with Crippen LogP contribution < -0.4 is 5.32 Å². The number of para-hydroxylation sites is 1. The number of carbonyl (C=O) groups is 1. The molecule has 3 aromatic rings. The summed E-state index contributed by atoms with van der Waals surface area (Å²) < 4.78 is 0. The van der Waals surface area contributed by atoms with Gasteiger partial charge in [-0.15, -0.1) is 22.7 Å². The monoisotopic (exact) mass is 371 g/mol. The van der Waals surface area contributed by atoms with Crippen LogP contribution in [-0.2, 0) is 11.3 Å². The number of anilines is 1. The number of hydrogen-bond acceptors (Lipinski definition) is 5. The first kappa shape index (κ1) is 17.8. The zero-order valence-corrected chi connectivity index (χ0v) is 16.2. The standard InChI is InChI=1S/C19H21N3OS2/c1-13-6-4-7-14(2)18(13)21-17(23)11-22(3)10-15-12-25-19(20-15)16-8-5-9-24-16/h4-9,12H,10-11H2,1-3H3,(H,21,23). The molecule has 130 valence electrons. The molecule has 1 N–H and O–H groups in total. The van der Waals surface area contributed by atoms with Gasteiger partial charge in [0.05, 0.1) is 17.1 Å². The third-order valence-corrected chi connectivity index (χ3v) is 5.80. The van der Waals surface area contributed by atoms with Gasteiger partial charge >= 0.3 is 0 Å². The number of nitrogens with zero attached hydrogens (tertiary/aromatic N) is 2. The molecule has 2 aromatic heterocycles. The molecular weight excluding hydrogens is 350 g/mol. The van der Waals surface area contributed by atoms with Crippen LogP contribution in [-0.4, -0.2) is 29.4 Å². The third-order valence-electron chi connectivity index (χ3n) is 3.87. The third kappa shape index (κ3) is 4.54. The van der Waals surface area contributed by atoms with Gasteiger partial charge in [0.1, 0.15) is 5.01 Å². The van der Waals surface area contributed by atoms with Crippen LogP contribution in [0.25, 0.3) is 9.88 Å². The second-order valence-electron chi connectivity index (χ2n) is 6.11. The lowest BCUT2D eigenvalue weighted by Gasteiger charge is -2.16. The van der Waals surface area contributed by atoms with Crippen molar-refractivity contribution in [1.82, 2.24) is 9.88 Å². The Morgan fingerprint density at radius 3 is 2.60 bits per heavy atom. The summed E-state index contributed by atoms with van der Waals surface area (Å²) in [5.41, 5.74) is 4.07. The molecule has 0 fully saturated rings. The van der Waals surface area contributed by atoms with Crippen LogP contribution in [0.4, 0.5) is 5.69 Å². The van der Waals surface area contributed by atoms with Crippen molar-refractivity contribution in [1.29, 1.82) is 0 Å². The Labute approximate surface area is 156 Å². The van der Waals surface area contributed by atoms with Gasteiger partial charge in [0, 0.05) is 17.6 Å². The lowest BCUT2D eigenvalue weighted by molar-refractivity contribution is -0.117. The van der Waals surface area contributed by atoms with Crippen LogP contribution in [0.1, 0.15) is 16.8 Å². The topological polar surface area (TPSA) is 45.2 Å². The van der Waals surface area contributed by atoms with E-state index < -0.39 is 0 Å². The molecule has 0 saturated heterocycles. The number of hydrogen-bond donors (Lipinski definition) is 1. The normalized spacial score (nSPS) is 11.0. The molecule has 0 spiro atoms. The summed E-state index contributed by atoms with van der Waals surface area (Å²) in [6.45, 7) is 5.00. The Kier molecular flexibility index (Phi) is 5.63. The van der Waals surface area contributed by atoms with Gasteiger partial charge in [-0.25, -0.2) is 4.98 Å². The van der Waals surface area contributed by atoms with Crippen molar-refractivity contribution in [3.63, 3.8) is 0 Å². The van der Waals surface area contributed by atoms with Gasteiger partial charge in [0.2, 0.25) is 5.91 Å². The maximum atomic E-state index is 12.3. The number of aromatic nitrogens is 1. The molecule has 3 rings (SSSR count). The van der Waals surface area contributed by atoms with Crippen LogP contribution in [0, 0.1) is 13.8 Å². The Morgan fingerprint density at radius 1 is 1.16 bits per heavy atom. The molecule has 1 amide bonds. The summed E-state index contributed by atoms with van der Waals surface area (Å²) in [7, 11) is 1.94. The highest BCUT2D eigenvalue weighted by Crippen LogP contribution is 2.28. The molecule has 2 heterocycles. The summed E-state index contributed by atoms with van der Waals surface area (Å²) in [6.07, 6.45) is 0. The number of rotatable bonds is 6. The molecule has 0 atom stereocenters. The smallest absolute Gasteiger partial charge is 0.238 e. The molecule has 0 saturated carbocycles. The van der Waals surface area contributed by atoms with Crippen molar-refractivity contribution in [3.8, 4) is 9.88 Å². The summed E-state index contributed by atoms with van der Waals surface area (Å²) in [4.78, 5) is 20.2. The lowest BCUT2D eigenvalue weighted by atomic mass is 10.1. The molecule has 0 aliphatic heterocycles. The molecule has 0 unspecified atom stereocenters. The quantitative estimate of drug-likeness (QED) is 0.691. The van der Waals surface area contributed by atoms with E-state index >= 15 is 0 Å². The van der Waals surface area contributed by atoms with Gasteiger partial charge in [-0.2, -0.15) is 0 Å². The van der Waals surface area contributed by atoms with E-state index in [1.807, 2.05) is 50.1 Å². The molecule has 1 aromatic carbocycles. The first-order chi connectivity index (χ1) is 12.0. The number of thiophene rings is 1. The van der Waals surface area contributed by atoms with Crippen LogP contribution in [0.3, 0.4) is 0 Å². The second kappa shape index (κ2) is 7.91. The fourth-order valence-electron chi connectivity index (χ4n) is 2.66. The Bertz CT molecular complexity index is 835. The van der Waals surface area contributed by atoms with E-state index in [1.165, 1.54) is 4.88 Å². The zero-order chi connectivity index (χ0) is 17.8. The van der Waals surface area contributed by atoms with E-state index in [9.17, 15) is 4.79 Å². The van der Waals surface area contributed by atoms with Gasteiger partial charge in [-0.3, -0.25) is 9.69 Å². The highest BCUT2D eigenvalue weighted by molar-refractivity contribution is 7.20. The Balaban J connectivity index is 1.57. The fourth-order valence-corrected chi connectivity index (χ4v) is 4.29. The summed E-state index contributed by atoms with van der Waals surface area (Å²) >= 11 is 3.34. The first-order valence-electron chi connectivity index (χ1n) is 8.06. The lowest BCUT2D eigenvalue weighted by Crippen LogP contribution is -2.30. The van der Waals surface area contributed by atoms with Crippen molar-refractivity contribution in [2.45, 2.75) is 20.4 Å². The van der Waals surface area contributed by atoms with Crippen molar-refractivity contribution in [2.24, 2.45) is 0 Å². The highest BCUT2D eigenvalue weighted by atomic mass is 32.1. The van der Waals surface area contributed by atoms with Crippen molar-refractivity contribution in [3.05, 3.63) is 57.9 Å². The molecule has 0 aliphatic carbocycles. The first-order valence-corrected chi connectivity index (χ1v) is 9.82. The van der Waals surface area contributed by atoms with Gasteiger partial charge in [0.25, 0.3) is 0 Å². The summed E-state index contributed by atoms with van der Waals surface area (Å²) in [5.74, 6) is -0.00592. The minimum Gasteiger partial charge on any atom is -0.324 e. The molecule has 0 bridgehead atoms.